The first-order chi connectivity index (χ1) is 10.2. The molecule has 2 aromatic carbocycles. The largest absolute Gasteiger partial charge is 0.416 e. The fourth-order valence-corrected chi connectivity index (χ4v) is 2.82. The number of hydrogen-bond donors (Lipinski definition) is 0. The van der Waals surface area contributed by atoms with E-state index in [1.54, 1.807) is 12.1 Å². The van der Waals surface area contributed by atoms with Gasteiger partial charge in [-0.1, -0.05) is 58.0 Å². The first-order valence-corrected chi connectivity index (χ1v) is 7.52. The number of benzene rings is 2. The first-order valence-electron chi connectivity index (χ1n) is 7.52. The molecule has 2 rings (SSSR count). The summed E-state index contributed by atoms with van der Waals surface area (Å²) in [5.74, 6) is 0.697. The third-order valence-electron chi connectivity index (χ3n) is 3.86. The monoisotopic (exact) mass is 306 g/mol. The lowest BCUT2D eigenvalue weighted by molar-refractivity contribution is -0.137. The summed E-state index contributed by atoms with van der Waals surface area (Å²) in [6, 6.07) is 11.5. The van der Waals surface area contributed by atoms with Crippen LogP contribution in [0.2, 0.25) is 0 Å². The van der Waals surface area contributed by atoms with Gasteiger partial charge in [0.05, 0.1) is 5.56 Å². The van der Waals surface area contributed by atoms with Crippen LogP contribution in [0, 0.1) is 0 Å². The summed E-state index contributed by atoms with van der Waals surface area (Å²) >= 11 is 0. The smallest absolute Gasteiger partial charge is 0.166 e. The second-order valence-electron chi connectivity index (χ2n) is 6.19. The highest BCUT2D eigenvalue weighted by Gasteiger charge is 2.30. The summed E-state index contributed by atoms with van der Waals surface area (Å²) in [5, 5.41) is 0. The maximum absolute atomic E-state index is 12.7. The van der Waals surface area contributed by atoms with Crippen LogP contribution in [-0.2, 0) is 6.18 Å². The van der Waals surface area contributed by atoms with E-state index in [0.717, 1.165) is 23.3 Å². The van der Waals surface area contributed by atoms with Crippen molar-refractivity contribution in [3.63, 3.8) is 0 Å². The maximum atomic E-state index is 12.7. The molecule has 0 saturated heterocycles. The molecule has 0 heterocycles. The van der Waals surface area contributed by atoms with E-state index in [-0.39, 0.29) is 0 Å². The Balaban J connectivity index is 2.55. The quantitative estimate of drug-likeness (QED) is 0.598. The highest BCUT2D eigenvalue weighted by atomic mass is 19.4. The average molecular weight is 306 g/mol. The molecule has 0 bridgehead atoms. The van der Waals surface area contributed by atoms with Gasteiger partial charge in [0.25, 0.3) is 0 Å². The Bertz CT molecular complexity index is 635. The lowest BCUT2D eigenvalue weighted by Crippen LogP contribution is -2.05. The van der Waals surface area contributed by atoms with Gasteiger partial charge in [0, 0.05) is 0 Å². The van der Waals surface area contributed by atoms with Crippen LogP contribution in [-0.4, -0.2) is 0 Å². The van der Waals surface area contributed by atoms with Crippen LogP contribution >= 0.6 is 0 Å². The van der Waals surface area contributed by atoms with Crippen molar-refractivity contribution in [3.05, 3.63) is 59.2 Å². The van der Waals surface area contributed by atoms with E-state index in [1.165, 1.54) is 11.1 Å². The van der Waals surface area contributed by atoms with Gasteiger partial charge < -0.3 is 0 Å². The molecule has 22 heavy (non-hydrogen) atoms. The van der Waals surface area contributed by atoms with Crippen molar-refractivity contribution in [1.82, 2.24) is 0 Å². The molecule has 0 amide bonds. The molecular weight excluding hydrogens is 285 g/mol. The molecule has 2 aromatic rings. The maximum Gasteiger partial charge on any atom is 0.416 e. The number of rotatable bonds is 3. The van der Waals surface area contributed by atoms with Gasteiger partial charge in [-0.05, 0) is 46.2 Å². The normalized spacial score (nSPS) is 12.2. The summed E-state index contributed by atoms with van der Waals surface area (Å²) in [6.07, 6.45) is -4.29. The van der Waals surface area contributed by atoms with Gasteiger partial charge in [-0.15, -0.1) is 0 Å². The van der Waals surface area contributed by atoms with Crippen LogP contribution in [0.25, 0.3) is 11.1 Å². The lowest BCUT2D eigenvalue weighted by atomic mass is 9.84. The Labute approximate surface area is 130 Å². The SMILES string of the molecule is CC(C)c1cccc(-c2ccc(C(F)(F)F)cc2)c1C(C)C. The van der Waals surface area contributed by atoms with E-state index in [2.05, 4.69) is 33.8 Å². The van der Waals surface area contributed by atoms with E-state index < -0.39 is 11.7 Å². The van der Waals surface area contributed by atoms with Crippen molar-refractivity contribution in [1.29, 1.82) is 0 Å². The van der Waals surface area contributed by atoms with Gasteiger partial charge >= 0.3 is 6.18 Å². The Morgan fingerprint density at radius 1 is 0.773 bits per heavy atom. The van der Waals surface area contributed by atoms with Crippen LogP contribution in [0.15, 0.2) is 42.5 Å². The van der Waals surface area contributed by atoms with Gasteiger partial charge in [0.2, 0.25) is 0 Å². The van der Waals surface area contributed by atoms with Crippen LogP contribution in [0.3, 0.4) is 0 Å². The minimum atomic E-state index is -4.29. The second-order valence-corrected chi connectivity index (χ2v) is 6.19. The van der Waals surface area contributed by atoms with E-state index in [4.69, 9.17) is 0 Å². The van der Waals surface area contributed by atoms with E-state index >= 15 is 0 Å². The highest BCUT2D eigenvalue weighted by Crippen LogP contribution is 2.36. The Hall–Kier alpha value is -1.77. The van der Waals surface area contributed by atoms with E-state index in [1.807, 2.05) is 12.1 Å². The molecule has 0 aliphatic rings. The molecule has 0 atom stereocenters. The van der Waals surface area contributed by atoms with Gasteiger partial charge in [-0.3, -0.25) is 0 Å². The third-order valence-corrected chi connectivity index (χ3v) is 3.86. The molecule has 0 aliphatic carbocycles. The number of hydrogen-bond acceptors (Lipinski definition) is 0. The minimum absolute atomic E-state index is 0.316. The number of alkyl halides is 3. The summed E-state index contributed by atoms with van der Waals surface area (Å²) in [7, 11) is 0. The van der Waals surface area contributed by atoms with Crippen LogP contribution < -0.4 is 0 Å². The van der Waals surface area contributed by atoms with Gasteiger partial charge in [-0.25, -0.2) is 0 Å². The Morgan fingerprint density at radius 2 is 1.36 bits per heavy atom. The predicted octanol–water partition coefficient (Wildman–Crippen LogP) is 6.62. The molecular formula is C19H21F3. The molecule has 0 unspecified atom stereocenters. The van der Waals surface area contributed by atoms with Crippen LogP contribution in [0.1, 0.15) is 56.2 Å². The zero-order valence-electron chi connectivity index (χ0n) is 13.3. The second kappa shape index (κ2) is 6.15. The molecule has 0 nitrogen and oxygen atoms in total. The van der Waals surface area contributed by atoms with Crippen molar-refractivity contribution < 1.29 is 13.2 Å². The standard InChI is InChI=1S/C19H21F3/c1-12(2)16-6-5-7-17(18(16)13(3)4)14-8-10-15(11-9-14)19(20,21)22/h5-13H,1-4H3. The Morgan fingerprint density at radius 3 is 1.82 bits per heavy atom. The molecule has 0 radical (unpaired) electrons. The molecule has 118 valence electrons. The van der Waals surface area contributed by atoms with E-state index in [9.17, 15) is 13.2 Å². The molecule has 0 spiro atoms. The predicted molar refractivity (Wildman–Crippen MR) is 85.1 cm³/mol. The van der Waals surface area contributed by atoms with Crippen molar-refractivity contribution in [3.8, 4) is 11.1 Å². The molecule has 0 aliphatic heterocycles. The lowest BCUT2D eigenvalue weighted by Gasteiger charge is -2.20. The van der Waals surface area contributed by atoms with Crippen LogP contribution in [0.4, 0.5) is 13.2 Å². The van der Waals surface area contributed by atoms with Gasteiger partial charge in [0.1, 0.15) is 0 Å². The molecule has 0 fully saturated rings. The Kier molecular flexibility index (Phi) is 4.64. The fraction of sp³-hybridized carbons (Fsp3) is 0.368. The van der Waals surface area contributed by atoms with Crippen molar-refractivity contribution in [2.45, 2.75) is 45.7 Å². The zero-order chi connectivity index (χ0) is 16.5. The fourth-order valence-electron chi connectivity index (χ4n) is 2.82. The molecule has 0 aromatic heterocycles. The average Bonchev–Trinajstić information content (AvgIpc) is 2.45. The van der Waals surface area contributed by atoms with Gasteiger partial charge in [-0.2, -0.15) is 13.2 Å². The van der Waals surface area contributed by atoms with Crippen molar-refractivity contribution >= 4 is 0 Å². The first kappa shape index (κ1) is 16.6. The van der Waals surface area contributed by atoms with Gasteiger partial charge in [0.15, 0.2) is 0 Å². The zero-order valence-corrected chi connectivity index (χ0v) is 13.3. The number of halogens is 3. The highest BCUT2D eigenvalue weighted by molar-refractivity contribution is 5.70. The summed E-state index contributed by atoms with van der Waals surface area (Å²) in [5.41, 5.74) is 3.72. The third kappa shape index (κ3) is 3.34. The van der Waals surface area contributed by atoms with Crippen LogP contribution in [0.5, 0.6) is 0 Å². The summed E-state index contributed by atoms with van der Waals surface area (Å²) < 4.78 is 38.1. The summed E-state index contributed by atoms with van der Waals surface area (Å²) in [4.78, 5) is 0. The molecule has 3 heteroatoms. The topological polar surface area (TPSA) is 0 Å². The summed E-state index contributed by atoms with van der Waals surface area (Å²) in [6.45, 7) is 8.51. The van der Waals surface area contributed by atoms with E-state index in [0.29, 0.717) is 11.8 Å². The minimum Gasteiger partial charge on any atom is -0.166 e. The molecule has 0 N–H and O–H groups in total. The van der Waals surface area contributed by atoms with Crippen molar-refractivity contribution in [2.75, 3.05) is 0 Å². The van der Waals surface area contributed by atoms with Crippen molar-refractivity contribution in [2.24, 2.45) is 0 Å². The molecule has 0 saturated carbocycles.